The molecular formula is C13H14FIN2O. The molecule has 0 radical (unpaired) electrons. The van der Waals surface area contributed by atoms with Crippen LogP contribution in [0.2, 0.25) is 0 Å². The van der Waals surface area contributed by atoms with Crippen LogP contribution in [0, 0.1) is 15.3 Å². The summed E-state index contributed by atoms with van der Waals surface area (Å²) < 4.78 is 14.1. The SMILES string of the molecule is O=C1Nc2cc(I)c(F)cc2NC2CCCCC12. The van der Waals surface area contributed by atoms with Gasteiger partial charge in [0.05, 0.1) is 20.9 Å². The molecule has 2 atom stereocenters. The van der Waals surface area contributed by atoms with E-state index in [1.165, 1.54) is 6.07 Å². The molecule has 1 amide bonds. The van der Waals surface area contributed by atoms with E-state index >= 15 is 0 Å². The lowest BCUT2D eigenvalue weighted by molar-refractivity contribution is -0.120. The molecule has 1 fully saturated rings. The summed E-state index contributed by atoms with van der Waals surface area (Å²) in [4.78, 5) is 12.2. The minimum absolute atomic E-state index is 0.00636. The van der Waals surface area contributed by atoms with Crippen molar-refractivity contribution in [3.8, 4) is 0 Å². The molecule has 1 aromatic carbocycles. The van der Waals surface area contributed by atoms with Crippen LogP contribution in [0.5, 0.6) is 0 Å². The molecule has 18 heavy (non-hydrogen) atoms. The van der Waals surface area contributed by atoms with Crippen LogP contribution in [0.4, 0.5) is 15.8 Å². The Hall–Kier alpha value is -0.850. The number of fused-ring (bicyclic) bond motifs is 2. The number of halogens is 2. The van der Waals surface area contributed by atoms with Crippen LogP contribution < -0.4 is 10.6 Å². The smallest absolute Gasteiger partial charge is 0.229 e. The van der Waals surface area contributed by atoms with Crippen LogP contribution >= 0.6 is 22.6 Å². The summed E-state index contributed by atoms with van der Waals surface area (Å²) >= 11 is 1.94. The summed E-state index contributed by atoms with van der Waals surface area (Å²) in [6.07, 6.45) is 4.12. The maximum Gasteiger partial charge on any atom is 0.229 e. The third-order valence-electron chi connectivity index (χ3n) is 3.76. The number of anilines is 2. The Morgan fingerprint density at radius 2 is 2.00 bits per heavy atom. The van der Waals surface area contributed by atoms with Crippen LogP contribution in [0.25, 0.3) is 0 Å². The highest BCUT2D eigenvalue weighted by molar-refractivity contribution is 14.1. The van der Waals surface area contributed by atoms with E-state index in [1.54, 1.807) is 6.07 Å². The van der Waals surface area contributed by atoms with Gasteiger partial charge in [0.15, 0.2) is 0 Å². The van der Waals surface area contributed by atoms with Crippen LogP contribution in [-0.4, -0.2) is 11.9 Å². The normalized spacial score (nSPS) is 26.4. The highest BCUT2D eigenvalue weighted by Gasteiger charge is 2.34. The van der Waals surface area contributed by atoms with Gasteiger partial charge in [-0.2, -0.15) is 0 Å². The predicted octanol–water partition coefficient (Wildman–Crippen LogP) is 3.35. The average Bonchev–Trinajstić information content (AvgIpc) is 2.48. The van der Waals surface area contributed by atoms with Gasteiger partial charge in [-0.05, 0) is 41.5 Å². The fourth-order valence-electron chi connectivity index (χ4n) is 2.81. The molecule has 0 bridgehead atoms. The minimum Gasteiger partial charge on any atom is -0.380 e. The Labute approximate surface area is 119 Å². The second-order valence-corrected chi connectivity index (χ2v) is 6.11. The van der Waals surface area contributed by atoms with Gasteiger partial charge >= 0.3 is 0 Å². The van der Waals surface area contributed by atoms with Crippen molar-refractivity contribution in [2.24, 2.45) is 5.92 Å². The topological polar surface area (TPSA) is 41.1 Å². The average molecular weight is 360 g/mol. The van der Waals surface area contributed by atoms with Crippen molar-refractivity contribution in [1.82, 2.24) is 0 Å². The number of benzene rings is 1. The van der Waals surface area contributed by atoms with Crippen LogP contribution in [-0.2, 0) is 4.79 Å². The van der Waals surface area contributed by atoms with E-state index < -0.39 is 0 Å². The molecule has 0 saturated heterocycles. The van der Waals surface area contributed by atoms with Gasteiger partial charge in [-0.1, -0.05) is 12.8 Å². The first-order valence-electron chi connectivity index (χ1n) is 6.21. The molecule has 5 heteroatoms. The maximum atomic E-state index is 13.6. The van der Waals surface area contributed by atoms with Gasteiger partial charge in [0.1, 0.15) is 5.82 Å². The number of nitrogens with one attached hydrogen (secondary N) is 2. The molecule has 1 aliphatic heterocycles. The zero-order chi connectivity index (χ0) is 12.7. The van der Waals surface area contributed by atoms with Crippen molar-refractivity contribution >= 4 is 39.9 Å². The van der Waals surface area contributed by atoms with Gasteiger partial charge < -0.3 is 10.6 Å². The van der Waals surface area contributed by atoms with Crippen molar-refractivity contribution < 1.29 is 9.18 Å². The zero-order valence-corrected chi connectivity index (χ0v) is 12.0. The van der Waals surface area contributed by atoms with Gasteiger partial charge in [-0.15, -0.1) is 0 Å². The molecule has 3 nitrogen and oxygen atoms in total. The molecule has 0 spiro atoms. The van der Waals surface area contributed by atoms with E-state index in [1.807, 2.05) is 22.6 Å². The zero-order valence-electron chi connectivity index (χ0n) is 9.80. The molecule has 2 N–H and O–H groups in total. The lowest BCUT2D eigenvalue weighted by Crippen LogP contribution is -2.37. The van der Waals surface area contributed by atoms with Crippen LogP contribution in [0.1, 0.15) is 25.7 Å². The van der Waals surface area contributed by atoms with Crippen molar-refractivity contribution in [2.45, 2.75) is 31.7 Å². The molecule has 2 aliphatic rings. The third-order valence-corrected chi connectivity index (χ3v) is 4.59. The van der Waals surface area contributed by atoms with Crippen molar-refractivity contribution in [3.05, 3.63) is 21.5 Å². The molecule has 1 saturated carbocycles. The van der Waals surface area contributed by atoms with E-state index in [2.05, 4.69) is 10.6 Å². The van der Waals surface area contributed by atoms with Gasteiger partial charge in [-0.3, -0.25) is 4.79 Å². The summed E-state index contributed by atoms with van der Waals surface area (Å²) in [5.74, 6) is -0.175. The fraction of sp³-hybridized carbons (Fsp3) is 0.462. The molecule has 1 heterocycles. The Balaban J connectivity index is 2.00. The van der Waals surface area contributed by atoms with Gasteiger partial charge in [-0.25, -0.2) is 4.39 Å². The molecule has 96 valence electrons. The van der Waals surface area contributed by atoms with Gasteiger partial charge in [0.25, 0.3) is 0 Å². The van der Waals surface area contributed by atoms with Crippen molar-refractivity contribution in [1.29, 1.82) is 0 Å². The maximum absolute atomic E-state index is 13.6. The quantitative estimate of drug-likeness (QED) is 0.697. The molecular weight excluding hydrogens is 346 g/mol. The fourth-order valence-corrected chi connectivity index (χ4v) is 3.28. The third kappa shape index (κ3) is 2.08. The summed E-state index contributed by atoms with van der Waals surface area (Å²) in [6, 6.07) is 3.31. The molecule has 1 aliphatic carbocycles. The first-order valence-corrected chi connectivity index (χ1v) is 7.29. The molecule has 0 aromatic heterocycles. The molecule has 1 aromatic rings. The summed E-state index contributed by atoms with van der Waals surface area (Å²) in [7, 11) is 0. The number of hydrogen-bond acceptors (Lipinski definition) is 2. The van der Waals surface area contributed by atoms with E-state index in [9.17, 15) is 9.18 Å². The molecule has 2 unspecified atom stereocenters. The number of rotatable bonds is 0. The second kappa shape index (κ2) is 4.68. The van der Waals surface area contributed by atoms with Gasteiger partial charge in [0.2, 0.25) is 5.91 Å². The van der Waals surface area contributed by atoms with Crippen LogP contribution in [0.15, 0.2) is 12.1 Å². The lowest BCUT2D eigenvalue weighted by atomic mass is 9.84. The highest BCUT2D eigenvalue weighted by Crippen LogP contribution is 2.36. The second-order valence-electron chi connectivity index (χ2n) is 4.94. The standard InChI is InChI=1S/C13H14FIN2O/c14-8-5-11-12(6-9(8)15)17-13(18)7-3-1-2-4-10(7)16-11/h5-7,10,16H,1-4H2,(H,17,18). The van der Waals surface area contributed by atoms with Crippen molar-refractivity contribution in [3.63, 3.8) is 0 Å². The predicted molar refractivity (Wildman–Crippen MR) is 77.1 cm³/mol. The highest BCUT2D eigenvalue weighted by atomic mass is 127. The first kappa shape index (κ1) is 12.2. The Kier molecular flexibility index (Phi) is 3.17. The Bertz CT molecular complexity index is 506. The summed E-state index contributed by atoms with van der Waals surface area (Å²) in [6.45, 7) is 0. The summed E-state index contributed by atoms with van der Waals surface area (Å²) in [5.41, 5.74) is 1.40. The van der Waals surface area contributed by atoms with E-state index in [-0.39, 0.29) is 23.7 Å². The number of hydrogen-bond donors (Lipinski definition) is 2. The summed E-state index contributed by atoms with van der Waals surface area (Å²) in [5, 5.41) is 6.25. The number of carbonyl (C=O) groups excluding carboxylic acids is 1. The monoisotopic (exact) mass is 360 g/mol. The van der Waals surface area contributed by atoms with Gasteiger partial charge in [0, 0.05) is 12.1 Å². The van der Waals surface area contributed by atoms with E-state index in [0.29, 0.717) is 14.9 Å². The Morgan fingerprint density at radius 1 is 1.22 bits per heavy atom. The Morgan fingerprint density at radius 3 is 2.83 bits per heavy atom. The minimum atomic E-state index is -0.245. The lowest BCUT2D eigenvalue weighted by Gasteiger charge is -2.29. The van der Waals surface area contributed by atoms with Crippen LogP contribution in [0.3, 0.4) is 0 Å². The van der Waals surface area contributed by atoms with E-state index in [0.717, 1.165) is 25.7 Å². The largest absolute Gasteiger partial charge is 0.380 e. The molecule has 3 rings (SSSR count). The first-order chi connectivity index (χ1) is 8.65. The number of carbonyl (C=O) groups is 1. The van der Waals surface area contributed by atoms with Crippen molar-refractivity contribution in [2.75, 3.05) is 10.6 Å². The van der Waals surface area contributed by atoms with E-state index in [4.69, 9.17) is 0 Å². The number of amides is 1.